The standard InChI is InChI=1S/C16H18BrF3O5/c1-4-23-13(21)15(22,16(18,19)20)7-14(2,3)9-5-6-10(17)12-11(9)24-8-25-12/h5-6,22H,4,7-8H2,1-3H3. The number of ether oxygens (including phenoxy) is 3. The number of fused-ring (bicyclic) bond motifs is 1. The van der Waals surface area contributed by atoms with Crippen LogP contribution in [0.15, 0.2) is 16.6 Å². The topological polar surface area (TPSA) is 65.0 Å². The van der Waals surface area contributed by atoms with E-state index < -0.39 is 29.6 Å². The van der Waals surface area contributed by atoms with Crippen molar-refractivity contribution in [3.05, 3.63) is 22.2 Å². The Morgan fingerprint density at radius 2 is 1.88 bits per heavy atom. The first-order valence-electron chi connectivity index (χ1n) is 7.49. The number of aliphatic hydroxyl groups is 1. The van der Waals surface area contributed by atoms with Gasteiger partial charge < -0.3 is 19.3 Å². The maximum absolute atomic E-state index is 13.4. The van der Waals surface area contributed by atoms with Gasteiger partial charge in [0.2, 0.25) is 6.79 Å². The molecule has 5 nitrogen and oxygen atoms in total. The minimum absolute atomic E-state index is 0.0670. The van der Waals surface area contributed by atoms with Crippen LogP contribution in [0.25, 0.3) is 0 Å². The van der Waals surface area contributed by atoms with Crippen LogP contribution in [-0.2, 0) is 14.9 Å². The van der Waals surface area contributed by atoms with Crippen molar-refractivity contribution in [1.29, 1.82) is 0 Å². The van der Waals surface area contributed by atoms with Gasteiger partial charge in [-0.05, 0) is 34.3 Å². The molecule has 0 radical (unpaired) electrons. The highest BCUT2D eigenvalue weighted by molar-refractivity contribution is 9.10. The van der Waals surface area contributed by atoms with Crippen molar-refractivity contribution in [3.63, 3.8) is 0 Å². The Bertz CT molecular complexity index is 674. The Morgan fingerprint density at radius 3 is 2.44 bits per heavy atom. The summed E-state index contributed by atoms with van der Waals surface area (Å²) in [4.78, 5) is 11.9. The molecule has 0 fully saturated rings. The van der Waals surface area contributed by atoms with Crippen molar-refractivity contribution in [2.75, 3.05) is 13.4 Å². The molecule has 0 aromatic heterocycles. The molecule has 1 N–H and O–H groups in total. The van der Waals surface area contributed by atoms with Crippen LogP contribution >= 0.6 is 15.9 Å². The molecule has 1 aromatic carbocycles. The molecular weight excluding hydrogens is 409 g/mol. The molecule has 2 rings (SSSR count). The number of hydrogen-bond donors (Lipinski definition) is 1. The second-order valence-electron chi connectivity index (χ2n) is 6.30. The zero-order chi connectivity index (χ0) is 19.0. The van der Waals surface area contributed by atoms with Crippen molar-refractivity contribution in [3.8, 4) is 11.5 Å². The first-order valence-corrected chi connectivity index (χ1v) is 8.28. The Balaban J connectivity index is 2.46. The van der Waals surface area contributed by atoms with Crippen LogP contribution in [0.5, 0.6) is 11.5 Å². The number of halogens is 4. The van der Waals surface area contributed by atoms with Gasteiger partial charge in [0.05, 0.1) is 11.1 Å². The molecule has 0 amide bonds. The van der Waals surface area contributed by atoms with E-state index in [4.69, 9.17) is 9.47 Å². The molecule has 25 heavy (non-hydrogen) atoms. The van der Waals surface area contributed by atoms with Crippen LogP contribution in [0, 0.1) is 0 Å². The summed E-state index contributed by atoms with van der Waals surface area (Å²) in [5, 5.41) is 10.2. The number of benzene rings is 1. The molecule has 0 aliphatic carbocycles. The second-order valence-corrected chi connectivity index (χ2v) is 7.15. The third-order valence-electron chi connectivity index (χ3n) is 3.98. The lowest BCUT2D eigenvalue weighted by Gasteiger charge is -2.36. The van der Waals surface area contributed by atoms with E-state index in [2.05, 4.69) is 20.7 Å². The van der Waals surface area contributed by atoms with Crippen LogP contribution < -0.4 is 9.47 Å². The molecule has 1 atom stereocenters. The number of esters is 1. The monoisotopic (exact) mass is 426 g/mol. The minimum Gasteiger partial charge on any atom is -0.464 e. The van der Waals surface area contributed by atoms with E-state index in [1.165, 1.54) is 20.8 Å². The lowest BCUT2D eigenvalue weighted by Crippen LogP contribution is -2.55. The van der Waals surface area contributed by atoms with Crippen LogP contribution in [0.4, 0.5) is 13.2 Å². The molecular formula is C16H18BrF3O5. The maximum Gasteiger partial charge on any atom is 0.428 e. The summed E-state index contributed by atoms with van der Waals surface area (Å²) in [6, 6.07) is 3.18. The molecule has 0 saturated carbocycles. The van der Waals surface area contributed by atoms with Gasteiger partial charge in [-0.2, -0.15) is 13.2 Å². The van der Waals surface area contributed by atoms with Crippen molar-refractivity contribution >= 4 is 21.9 Å². The highest BCUT2D eigenvalue weighted by Crippen LogP contribution is 2.49. The molecule has 0 saturated heterocycles. The number of alkyl halides is 3. The van der Waals surface area contributed by atoms with E-state index in [1.807, 2.05) is 0 Å². The summed E-state index contributed by atoms with van der Waals surface area (Å²) in [5.74, 6) is -1.06. The molecule has 1 aromatic rings. The average molecular weight is 427 g/mol. The van der Waals surface area contributed by atoms with Gasteiger partial charge in [0.25, 0.3) is 5.60 Å². The lowest BCUT2D eigenvalue weighted by atomic mass is 9.74. The fraction of sp³-hybridized carbons (Fsp3) is 0.562. The molecule has 9 heteroatoms. The van der Waals surface area contributed by atoms with Crippen molar-refractivity contribution < 1.29 is 37.3 Å². The van der Waals surface area contributed by atoms with Crippen molar-refractivity contribution in [1.82, 2.24) is 0 Å². The van der Waals surface area contributed by atoms with Gasteiger partial charge in [-0.3, -0.25) is 0 Å². The van der Waals surface area contributed by atoms with E-state index in [-0.39, 0.29) is 19.1 Å². The lowest BCUT2D eigenvalue weighted by molar-refractivity contribution is -0.267. The number of rotatable bonds is 5. The summed E-state index contributed by atoms with van der Waals surface area (Å²) in [5.41, 5.74) is -4.52. The van der Waals surface area contributed by atoms with Crippen molar-refractivity contribution in [2.45, 2.75) is 44.4 Å². The van der Waals surface area contributed by atoms with Crippen LogP contribution in [0.3, 0.4) is 0 Å². The fourth-order valence-electron chi connectivity index (χ4n) is 2.77. The maximum atomic E-state index is 13.4. The largest absolute Gasteiger partial charge is 0.464 e. The highest BCUT2D eigenvalue weighted by atomic mass is 79.9. The van der Waals surface area contributed by atoms with Crippen LogP contribution in [0.2, 0.25) is 0 Å². The van der Waals surface area contributed by atoms with E-state index in [9.17, 15) is 23.1 Å². The number of carbonyl (C=O) groups is 1. The Kier molecular flexibility index (Phi) is 5.30. The summed E-state index contributed by atoms with van der Waals surface area (Å²) >= 11 is 3.28. The predicted molar refractivity (Wildman–Crippen MR) is 85.5 cm³/mol. The molecule has 1 aliphatic heterocycles. The third kappa shape index (κ3) is 3.57. The van der Waals surface area contributed by atoms with Crippen molar-refractivity contribution in [2.24, 2.45) is 0 Å². The molecule has 1 heterocycles. The Hall–Kier alpha value is -1.48. The van der Waals surface area contributed by atoms with E-state index >= 15 is 0 Å². The van der Waals surface area contributed by atoms with Crippen LogP contribution in [0.1, 0.15) is 32.8 Å². The summed E-state index contributed by atoms with van der Waals surface area (Å²) in [6.07, 6.45) is -6.12. The highest BCUT2D eigenvalue weighted by Gasteiger charge is 2.62. The zero-order valence-corrected chi connectivity index (χ0v) is 15.5. The summed E-state index contributed by atoms with van der Waals surface area (Å²) in [6.45, 7) is 3.99. The van der Waals surface area contributed by atoms with Gasteiger partial charge in [0, 0.05) is 12.0 Å². The third-order valence-corrected chi connectivity index (χ3v) is 4.60. The number of carbonyl (C=O) groups excluding carboxylic acids is 1. The zero-order valence-electron chi connectivity index (χ0n) is 13.9. The SMILES string of the molecule is CCOC(=O)C(O)(CC(C)(C)c1ccc(Br)c2c1OCO2)C(F)(F)F. The molecule has 140 valence electrons. The van der Waals surface area contributed by atoms with Crippen LogP contribution in [-0.4, -0.2) is 36.3 Å². The summed E-state index contributed by atoms with van der Waals surface area (Å²) < 4.78 is 56.1. The predicted octanol–water partition coefficient (Wildman–Crippen LogP) is 3.70. The number of hydrogen-bond acceptors (Lipinski definition) is 5. The Morgan fingerprint density at radius 1 is 1.28 bits per heavy atom. The van der Waals surface area contributed by atoms with E-state index in [1.54, 1.807) is 12.1 Å². The van der Waals surface area contributed by atoms with Gasteiger partial charge in [0.1, 0.15) is 0 Å². The van der Waals surface area contributed by atoms with Gasteiger partial charge in [-0.1, -0.05) is 19.9 Å². The van der Waals surface area contributed by atoms with Gasteiger partial charge in [-0.25, -0.2) is 4.79 Å². The van der Waals surface area contributed by atoms with E-state index in [0.29, 0.717) is 15.8 Å². The average Bonchev–Trinajstić information content (AvgIpc) is 2.96. The van der Waals surface area contributed by atoms with Gasteiger partial charge >= 0.3 is 12.1 Å². The Labute approximate surface area is 151 Å². The first kappa shape index (κ1) is 19.8. The molecule has 1 unspecified atom stereocenters. The molecule has 0 bridgehead atoms. The normalized spacial score (nSPS) is 16.5. The van der Waals surface area contributed by atoms with Gasteiger partial charge in [0.15, 0.2) is 11.5 Å². The minimum atomic E-state index is -5.19. The summed E-state index contributed by atoms with van der Waals surface area (Å²) in [7, 11) is 0. The first-order chi connectivity index (χ1) is 11.4. The molecule has 1 aliphatic rings. The van der Waals surface area contributed by atoms with Gasteiger partial charge in [-0.15, -0.1) is 0 Å². The molecule has 0 spiro atoms. The fourth-order valence-corrected chi connectivity index (χ4v) is 3.20. The quantitative estimate of drug-likeness (QED) is 0.727. The smallest absolute Gasteiger partial charge is 0.428 e. The van der Waals surface area contributed by atoms with E-state index in [0.717, 1.165) is 0 Å². The second kappa shape index (κ2) is 6.68.